The minimum Gasteiger partial charge on any atom is -0.482 e. The second kappa shape index (κ2) is 3.22. The zero-order chi connectivity index (χ0) is 11.2. The summed E-state index contributed by atoms with van der Waals surface area (Å²) in [4.78, 5) is 11.1. The van der Waals surface area contributed by atoms with Crippen molar-refractivity contribution in [2.24, 2.45) is 0 Å². The third kappa shape index (κ3) is 1.76. The quantitative estimate of drug-likeness (QED) is 0.782. The minimum absolute atomic E-state index is 0.0796. The summed E-state index contributed by atoms with van der Waals surface area (Å²) in [5.41, 5.74) is 1.23. The first-order chi connectivity index (χ1) is 7.65. The second-order valence-corrected chi connectivity index (χ2v) is 4.57. The van der Waals surface area contributed by atoms with Gasteiger partial charge in [0.15, 0.2) is 6.61 Å². The summed E-state index contributed by atoms with van der Waals surface area (Å²) in [5.74, 6) is 0.570. The maximum Gasteiger partial charge on any atom is 0.262 e. The van der Waals surface area contributed by atoms with E-state index >= 15 is 0 Å². The van der Waals surface area contributed by atoms with Gasteiger partial charge in [-0.25, -0.2) is 0 Å². The van der Waals surface area contributed by atoms with Crippen LogP contribution in [-0.4, -0.2) is 23.2 Å². The van der Waals surface area contributed by atoms with Crippen molar-refractivity contribution >= 4 is 11.6 Å². The van der Waals surface area contributed by atoms with Crippen LogP contribution < -0.4 is 10.1 Å². The third-order valence-electron chi connectivity index (χ3n) is 3.04. The van der Waals surface area contributed by atoms with Crippen LogP contribution in [0.4, 0.5) is 5.69 Å². The molecule has 0 atom stereocenters. The number of amides is 1. The van der Waals surface area contributed by atoms with E-state index in [1.165, 1.54) is 0 Å². The van der Waals surface area contributed by atoms with Crippen LogP contribution in [0.2, 0.25) is 0 Å². The Hall–Kier alpha value is -1.55. The molecule has 2 aliphatic rings. The number of hydrogen-bond donors (Lipinski definition) is 2. The van der Waals surface area contributed by atoms with Gasteiger partial charge < -0.3 is 15.2 Å². The van der Waals surface area contributed by atoms with Crippen molar-refractivity contribution in [2.45, 2.75) is 24.9 Å². The summed E-state index contributed by atoms with van der Waals surface area (Å²) in [6.07, 6.45) is 2.38. The molecule has 1 aromatic carbocycles. The van der Waals surface area contributed by atoms with E-state index in [2.05, 4.69) is 5.32 Å². The van der Waals surface area contributed by atoms with Crippen molar-refractivity contribution < 1.29 is 14.6 Å². The molecule has 4 nitrogen and oxygen atoms in total. The highest BCUT2D eigenvalue weighted by atomic mass is 16.5. The van der Waals surface area contributed by atoms with Crippen molar-refractivity contribution in [2.75, 3.05) is 11.9 Å². The highest BCUT2D eigenvalue weighted by Crippen LogP contribution is 2.39. The maximum atomic E-state index is 11.1. The van der Waals surface area contributed by atoms with Crippen molar-refractivity contribution in [3.8, 4) is 5.75 Å². The largest absolute Gasteiger partial charge is 0.482 e. The molecule has 0 saturated heterocycles. The number of rotatable bonds is 2. The SMILES string of the molecule is O=C1COc2ccc(CC3(O)CC3)cc2N1. The Morgan fingerprint density at radius 3 is 3.00 bits per heavy atom. The monoisotopic (exact) mass is 219 g/mol. The molecule has 4 heteroatoms. The molecule has 84 valence electrons. The lowest BCUT2D eigenvalue weighted by Crippen LogP contribution is -2.25. The van der Waals surface area contributed by atoms with E-state index in [0.717, 1.165) is 18.4 Å². The molecular weight excluding hydrogens is 206 g/mol. The van der Waals surface area contributed by atoms with E-state index in [4.69, 9.17) is 4.74 Å². The van der Waals surface area contributed by atoms with E-state index in [9.17, 15) is 9.90 Å². The number of fused-ring (bicyclic) bond motifs is 1. The van der Waals surface area contributed by atoms with Crippen molar-refractivity contribution in [3.05, 3.63) is 23.8 Å². The van der Waals surface area contributed by atoms with Crippen molar-refractivity contribution in [3.63, 3.8) is 0 Å². The van der Waals surface area contributed by atoms with Gasteiger partial charge in [0.25, 0.3) is 5.91 Å². The fourth-order valence-corrected chi connectivity index (χ4v) is 1.94. The van der Waals surface area contributed by atoms with Gasteiger partial charge in [0.1, 0.15) is 5.75 Å². The van der Waals surface area contributed by atoms with Crippen molar-refractivity contribution in [1.29, 1.82) is 0 Å². The minimum atomic E-state index is -0.506. The normalized spacial score (nSPS) is 20.7. The average Bonchev–Trinajstić information content (AvgIpc) is 2.95. The number of nitrogens with one attached hydrogen (secondary N) is 1. The molecule has 3 rings (SSSR count). The fraction of sp³-hybridized carbons (Fsp3) is 0.417. The molecule has 0 radical (unpaired) electrons. The summed E-state index contributed by atoms with van der Waals surface area (Å²) < 4.78 is 5.26. The average molecular weight is 219 g/mol. The molecule has 1 heterocycles. The van der Waals surface area contributed by atoms with Gasteiger partial charge in [-0.3, -0.25) is 4.79 Å². The van der Waals surface area contributed by atoms with E-state index in [-0.39, 0.29) is 12.5 Å². The smallest absolute Gasteiger partial charge is 0.262 e. The predicted octanol–water partition coefficient (Wildman–Crippen LogP) is 1.08. The summed E-state index contributed by atoms with van der Waals surface area (Å²) in [6.45, 7) is 0.0796. The van der Waals surface area contributed by atoms with Crippen LogP contribution in [0.15, 0.2) is 18.2 Å². The zero-order valence-electron chi connectivity index (χ0n) is 8.82. The number of carbonyl (C=O) groups excluding carboxylic acids is 1. The second-order valence-electron chi connectivity index (χ2n) is 4.57. The van der Waals surface area contributed by atoms with Gasteiger partial charge in [0.05, 0.1) is 11.3 Å². The first-order valence-electron chi connectivity index (χ1n) is 5.43. The lowest BCUT2D eigenvalue weighted by molar-refractivity contribution is -0.118. The fourth-order valence-electron chi connectivity index (χ4n) is 1.94. The van der Waals surface area contributed by atoms with Crippen LogP contribution >= 0.6 is 0 Å². The summed E-state index contributed by atoms with van der Waals surface area (Å²) in [5, 5.41) is 12.6. The molecule has 16 heavy (non-hydrogen) atoms. The van der Waals surface area contributed by atoms with E-state index < -0.39 is 5.60 Å². The molecule has 1 amide bonds. The molecule has 1 aromatic rings. The molecule has 1 aliphatic carbocycles. The Morgan fingerprint density at radius 2 is 2.25 bits per heavy atom. The highest BCUT2D eigenvalue weighted by molar-refractivity contribution is 5.95. The number of aliphatic hydroxyl groups is 1. The Kier molecular flexibility index (Phi) is 1.94. The lowest BCUT2D eigenvalue weighted by atomic mass is 10.1. The number of anilines is 1. The Morgan fingerprint density at radius 1 is 1.44 bits per heavy atom. The Labute approximate surface area is 93.2 Å². The summed E-state index contributed by atoms with van der Waals surface area (Å²) in [6, 6.07) is 5.66. The van der Waals surface area contributed by atoms with Gasteiger partial charge in [-0.05, 0) is 30.5 Å². The van der Waals surface area contributed by atoms with Crippen LogP contribution in [0, 0.1) is 0 Å². The highest BCUT2D eigenvalue weighted by Gasteiger charge is 2.40. The van der Waals surface area contributed by atoms with Crippen LogP contribution in [-0.2, 0) is 11.2 Å². The standard InChI is InChI=1S/C12H13NO3/c14-11-7-16-10-2-1-8(5-9(10)13-11)6-12(15)3-4-12/h1-2,5,15H,3-4,6-7H2,(H,13,14). The molecule has 0 unspecified atom stereocenters. The molecular formula is C12H13NO3. The van der Waals surface area contributed by atoms with E-state index in [1.54, 1.807) is 0 Å². The van der Waals surface area contributed by atoms with E-state index in [1.807, 2.05) is 18.2 Å². The predicted molar refractivity (Wildman–Crippen MR) is 58.5 cm³/mol. The zero-order valence-corrected chi connectivity index (χ0v) is 8.82. The van der Waals surface area contributed by atoms with Gasteiger partial charge in [-0.1, -0.05) is 6.07 Å². The van der Waals surface area contributed by atoms with Gasteiger partial charge in [-0.15, -0.1) is 0 Å². The molecule has 0 aromatic heterocycles. The van der Waals surface area contributed by atoms with Crippen LogP contribution in [0.5, 0.6) is 5.75 Å². The first kappa shape index (κ1) is 9.66. The Bertz CT molecular complexity index is 452. The number of hydrogen-bond acceptors (Lipinski definition) is 3. The van der Waals surface area contributed by atoms with Gasteiger partial charge in [-0.2, -0.15) is 0 Å². The first-order valence-corrected chi connectivity index (χ1v) is 5.43. The van der Waals surface area contributed by atoms with E-state index in [0.29, 0.717) is 17.9 Å². The van der Waals surface area contributed by atoms with Gasteiger partial charge >= 0.3 is 0 Å². The molecule has 0 spiro atoms. The maximum absolute atomic E-state index is 11.1. The molecule has 1 saturated carbocycles. The molecule has 2 N–H and O–H groups in total. The number of carbonyl (C=O) groups is 1. The summed E-state index contributed by atoms with van der Waals surface area (Å²) in [7, 11) is 0. The number of benzene rings is 1. The number of ether oxygens (including phenoxy) is 1. The van der Waals surface area contributed by atoms with Crippen LogP contribution in [0.25, 0.3) is 0 Å². The summed E-state index contributed by atoms with van der Waals surface area (Å²) >= 11 is 0. The Balaban J connectivity index is 1.86. The topological polar surface area (TPSA) is 58.6 Å². The van der Waals surface area contributed by atoms with Crippen molar-refractivity contribution in [1.82, 2.24) is 0 Å². The third-order valence-corrected chi connectivity index (χ3v) is 3.04. The van der Waals surface area contributed by atoms with Crippen LogP contribution in [0.1, 0.15) is 18.4 Å². The molecule has 1 fully saturated rings. The van der Waals surface area contributed by atoms with Gasteiger partial charge in [0, 0.05) is 6.42 Å². The van der Waals surface area contributed by atoms with Gasteiger partial charge in [0.2, 0.25) is 0 Å². The molecule has 1 aliphatic heterocycles. The molecule has 0 bridgehead atoms. The lowest BCUT2D eigenvalue weighted by Gasteiger charge is -2.19. The van der Waals surface area contributed by atoms with Crippen LogP contribution in [0.3, 0.4) is 0 Å².